The summed E-state index contributed by atoms with van der Waals surface area (Å²) in [5, 5.41) is 3.32. The lowest BCUT2D eigenvalue weighted by atomic mass is 10.1. The zero-order valence-electron chi connectivity index (χ0n) is 15.7. The molecule has 3 rings (SSSR count). The maximum Gasteiger partial charge on any atom is 0.243 e. The van der Waals surface area contributed by atoms with Crippen molar-refractivity contribution in [1.82, 2.24) is 10.2 Å². The van der Waals surface area contributed by atoms with Gasteiger partial charge in [0.1, 0.15) is 6.54 Å². The summed E-state index contributed by atoms with van der Waals surface area (Å²) in [7, 11) is 0.513. The summed E-state index contributed by atoms with van der Waals surface area (Å²) >= 11 is 0. The zero-order chi connectivity index (χ0) is 18.7. The molecule has 2 aliphatic rings. The number of hydrogen-bond donors (Lipinski definition) is 1. The van der Waals surface area contributed by atoms with Crippen LogP contribution in [0.25, 0.3) is 0 Å². The number of carbonyl (C=O) groups excluding carboxylic acids is 1. The van der Waals surface area contributed by atoms with Crippen molar-refractivity contribution < 1.29 is 13.2 Å². The molecule has 150 valence electrons. The molecule has 0 aromatic heterocycles. The lowest BCUT2D eigenvalue weighted by molar-refractivity contribution is -0.127. The van der Waals surface area contributed by atoms with Crippen LogP contribution in [0, 0.1) is 5.92 Å². The Morgan fingerprint density at radius 2 is 2.07 bits per heavy atom. The Bertz CT molecular complexity index is 811. The SMILES string of the molecule is CN(C)C(=O)CN=C(NCC1CCS(=O)(=O)C1)N1CCc2ccccc21.I. The highest BCUT2D eigenvalue weighted by atomic mass is 127. The highest BCUT2D eigenvalue weighted by molar-refractivity contribution is 14.0. The fraction of sp³-hybridized carbons (Fsp3) is 0.556. The van der Waals surface area contributed by atoms with Gasteiger partial charge >= 0.3 is 0 Å². The van der Waals surface area contributed by atoms with E-state index < -0.39 is 9.84 Å². The number of para-hydroxylation sites is 1. The third-order valence-corrected chi connectivity index (χ3v) is 6.72. The monoisotopic (exact) mass is 506 g/mol. The second kappa shape index (κ2) is 9.22. The van der Waals surface area contributed by atoms with E-state index >= 15 is 0 Å². The van der Waals surface area contributed by atoms with Crippen molar-refractivity contribution in [2.24, 2.45) is 10.9 Å². The molecule has 0 aliphatic carbocycles. The second-order valence-electron chi connectivity index (χ2n) is 7.11. The van der Waals surface area contributed by atoms with Crippen molar-refractivity contribution >= 4 is 51.4 Å². The van der Waals surface area contributed by atoms with Crippen molar-refractivity contribution in [3.05, 3.63) is 29.8 Å². The van der Waals surface area contributed by atoms with Gasteiger partial charge < -0.3 is 15.1 Å². The Balaban J connectivity index is 0.00000261. The lowest BCUT2D eigenvalue weighted by Gasteiger charge is -2.24. The van der Waals surface area contributed by atoms with Crippen LogP contribution in [-0.4, -0.2) is 70.4 Å². The number of fused-ring (bicyclic) bond motifs is 1. The molecule has 1 amide bonds. The number of aliphatic imine (C=N–C) groups is 1. The molecule has 0 radical (unpaired) electrons. The molecule has 0 saturated carbocycles. The number of amides is 1. The molecule has 1 N–H and O–H groups in total. The number of rotatable bonds is 4. The third-order valence-electron chi connectivity index (χ3n) is 4.88. The average molecular weight is 506 g/mol. The minimum Gasteiger partial charge on any atom is -0.356 e. The molecule has 1 aromatic carbocycles. The van der Waals surface area contributed by atoms with Crippen molar-refractivity contribution in [3.8, 4) is 0 Å². The Hall–Kier alpha value is -1.36. The smallest absolute Gasteiger partial charge is 0.243 e. The van der Waals surface area contributed by atoms with E-state index in [9.17, 15) is 13.2 Å². The Labute approximate surface area is 178 Å². The number of sulfone groups is 1. The number of anilines is 1. The molecular formula is C18H27IN4O3S. The predicted molar refractivity (Wildman–Crippen MR) is 119 cm³/mol. The summed E-state index contributed by atoms with van der Waals surface area (Å²) in [5.74, 6) is 1.15. The van der Waals surface area contributed by atoms with Crippen molar-refractivity contribution in [2.75, 3.05) is 50.1 Å². The minimum atomic E-state index is -2.90. The summed E-state index contributed by atoms with van der Waals surface area (Å²) in [6, 6.07) is 8.16. The van der Waals surface area contributed by atoms with E-state index in [1.165, 1.54) is 10.5 Å². The maximum atomic E-state index is 11.9. The number of nitrogens with one attached hydrogen (secondary N) is 1. The molecule has 7 nitrogen and oxygen atoms in total. The molecule has 1 unspecified atom stereocenters. The number of hydrogen-bond acceptors (Lipinski definition) is 4. The van der Waals surface area contributed by atoms with Crippen molar-refractivity contribution in [1.29, 1.82) is 0 Å². The number of guanidine groups is 1. The van der Waals surface area contributed by atoms with Crippen LogP contribution in [0.3, 0.4) is 0 Å². The first kappa shape index (κ1) is 21.9. The van der Waals surface area contributed by atoms with Gasteiger partial charge in [0.15, 0.2) is 15.8 Å². The summed E-state index contributed by atoms with van der Waals surface area (Å²) in [5.41, 5.74) is 2.35. The van der Waals surface area contributed by atoms with Crippen LogP contribution in [-0.2, 0) is 21.1 Å². The highest BCUT2D eigenvalue weighted by Crippen LogP contribution is 2.27. The Morgan fingerprint density at radius 1 is 1.33 bits per heavy atom. The molecule has 1 fully saturated rings. The fourth-order valence-corrected chi connectivity index (χ4v) is 5.21. The van der Waals surface area contributed by atoms with Gasteiger partial charge in [-0.15, -0.1) is 24.0 Å². The first-order valence-corrected chi connectivity index (χ1v) is 10.7. The van der Waals surface area contributed by atoms with Crippen LogP contribution in [0.4, 0.5) is 5.69 Å². The van der Waals surface area contributed by atoms with Gasteiger partial charge in [0.2, 0.25) is 5.91 Å². The van der Waals surface area contributed by atoms with E-state index in [1.54, 1.807) is 14.1 Å². The normalized spacial score (nSPS) is 20.7. The number of nitrogens with zero attached hydrogens (tertiary/aromatic N) is 3. The van der Waals surface area contributed by atoms with Gasteiger partial charge in [0.05, 0.1) is 11.5 Å². The largest absolute Gasteiger partial charge is 0.356 e. The van der Waals surface area contributed by atoms with Crippen molar-refractivity contribution in [3.63, 3.8) is 0 Å². The summed E-state index contributed by atoms with van der Waals surface area (Å²) < 4.78 is 23.4. The van der Waals surface area contributed by atoms with Crippen LogP contribution >= 0.6 is 24.0 Å². The quantitative estimate of drug-likeness (QED) is 0.377. The first-order chi connectivity index (χ1) is 12.4. The van der Waals surface area contributed by atoms with E-state index in [0.717, 1.165) is 18.7 Å². The highest BCUT2D eigenvalue weighted by Gasteiger charge is 2.29. The lowest BCUT2D eigenvalue weighted by Crippen LogP contribution is -2.43. The Kier molecular flexibility index (Phi) is 7.49. The molecule has 0 bridgehead atoms. The summed E-state index contributed by atoms with van der Waals surface area (Å²) in [6.07, 6.45) is 1.60. The van der Waals surface area contributed by atoms with Gasteiger partial charge in [-0.2, -0.15) is 0 Å². The molecule has 1 atom stereocenters. The molecule has 2 aliphatic heterocycles. The van der Waals surface area contributed by atoms with E-state index in [0.29, 0.717) is 18.9 Å². The molecule has 2 heterocycles. The van der Waals surface area contributed by atoms with Crippen LogP contribution < -0.4 is 10.2 Å². The minimum absolute atomic E-state index is 0. The third kappa shape index (κ3) is 5.56. The zero-order valence-corrected chi connectivity index (χ0v) is 18.9. The predicted octanol–water partition coefficient (Wildman–Crippen LogP) is 1.14. The van der Waals surface area contributed by atoms with Gasteiger partial charge in [0, 0.05) is 32.9 Å². The van der Waals surface area contributed by atoms with E-state index in [1.807, 2.05) is 18.2 Å². The van der Waals surface area contributed by atoms with E-state index in [2.05, 4.69) is 21.3 Å². The van der Waals surface area contributed by atoms with E-state index in [4.69, 9.17) is 0 Å². The molecule has 0 spiro atoms. The van der Waals surface area contributed by atoms with E-state index in [-0.39, 0.29) is 53.9 Å². The average Bonchev–Trinajstić information content (AvgIpc) is 3.18. The van der Waals surface area contributed by atoms with Crippen LogP contribution in [0.15, 0.2) is 29.3 Å². The summed E-state index contributed by atoms with van der Waals surface area (Å²) in [6.45, 7) is 1.41. The number of likely N-dealkylation sites (N-methyl/N-ethyl adjacent to an activating group) is 1. The van der Waals surface area contributed by atoms with Crippen LogP contribution in [0.5, 0.6) is 0 Å². The molecule has 1 saturated heterocycles. The number of benzene rings is 1. The van der Waals surface area contributed by atoms with Gasteiger partial charge in [-0.3, -0.25) is 4.79 Å². The summed E-state index contributed by atoms with van der Waals surface area (Å²) in [4.78, 5) is 20.1. The van der Waals surface area contributed by atoms with Crippen LogP contribution in [0.2, 0.25) is 0 Å². The molecule has 9 heteroatoms. The number of halogens is 1. The molecule has 1 aromatic rings. The van der Waals surface area contributed by atoms with Gasteiger partial charge in [-0.1, -0.05) is 18.2 Å². The van der Waals surface area contributed by atoms with Gasteiger partial charge in [-0.25, -0.2) is 13.4 Å². The first-order valence-electron chi connectivity index (χ1n) is 8.90. The second-order valence-corrected chi connectivity index (χ2v) is 9.34. The topological polar surface area (TPSA) is 82.1 Å². The maximum absolute atomic E-state index is 11.9. The molecule has 27 heavy (non-hydrogen) atoms. The van der Waals surface area contributed by atoms with Crippen LogP contribution in [0.1, 0.15) is 12.0 Å². The van der Waals surface area contributed by atoms with Gasteiger partial charge in [-0.05, 0) is 30.4 Å². The van der Waals surface area contributed by atoms with Crippen molar-refractivity contribution in [2.45, 2.75) is 12.8 Å². The fourth-order valence-electron chi connectivity index (χ4n) is 3.35. The molecular weight excluding hydrogens is 479 g/mol. The van der Waals surface area contributed by atoms with Gasteiger partial charge in [0.25, 0.3) is 0 Å². The Morgan fingerprint density at radius 3 is 2.74 bits per heavy atom. The standard InChI is InChI=1S/C18H26N4O3S.HI/c1-21(2)17(23)12-20-18(19-11-14-8-10-26(24,25)13-14)22-9-7-15-5-3-4-6-16(15)22;/h3-6,14H,7-13H2,1-2H3,(H,19,20);1H. The number of carbonyl (C=O) groups is 1.